The quantitative estimate of drug-likeness (QED) is 0.753. The van der Waals surface area contributed by atoms with Crippen molar-refractivity contribution in [1.29, 1.82) is 5.26 Å². The van der Waals surface area contributed by atoms with Crippen LogP contribution < -0.4 is 4.74 Å². The average Bonchev–Trinajstić information content (AvgIpc) is 2.52. The molecule has 2 rings (SSSR count). The molecule has 0 spiro atoms. The van der Waals surface area contributed by atoms with Gasteiger partial charge in [0.1, 0.15) is 5.75 Å². The average molecular weight is 287 g/mol. The Morgan fingerprint density at radius 2 is 2.29 bits per heavy atom. The molecule has 1 saturated heterocycles. The number of hydrogen-bond acceptors (Lipinski definition) is 4. The van der Waals surface area contributed by atoms with Crippen molar-refractivity contribution in [2.75, 3.05) is 40.3 Å². The molecule has 4 heteroatoms. The van der Waals surface area contributed by atoms with E-state index in [1.165, 1.54) is 19.4 Å². The van der Waals surface area contributed by atoms with Gasteiger partial charge in [-0.3, -0.25) is 0 Å². The summed E-state index contributed by atoms with van der Waals surface area (Å²) in [6, 6.07) is 10.2. The summed E-state index contributed by atoms with van der Waals surface area (Å²) in [4.78, 5) is 4.86. The number of ether oxygens (including phenoxy) is 1. The van der Waals surface area contributed by atoms with Gasteiger partial charge in [-0.15, -0.1) is 0 Å². The lowest BCUT2D eigenvalue weighted by atomic mass is 10.0. The molecule has 0 bridgehead atoms. The van der Waals surface area contributed by atoms with Crippen LogP contribution in [0.2, 0.25) is 0 Å². The number of hydrogen-bond donors (Lipinski definition) is 0. The number of rotatable bonds is 6. The Hall–Kier alpha value is -1.57. The number of piperidine rings is 1. The maximum absolute atomic E-state index is 8.86. The molecule has 1 aliphatic rings. The van der Waals surface area contributed by atoms with Gasteiger partial charge in [-0.1, -0.05) is 6.07 Å². The Morgan fingerprint density at radius 1 is 1.43 bits per heavy atom. The molecule has 0 amide bonds. The molecule has 0 aromatic heterocycles. The molecule has 1 aromatic rings. The summed E-state index contributed by atoms with van der Waals surface area (Å²) in [5.74, 6) is 0.791. The highest BCUT2D eigenvalue weighted by molar-refractivity contribution is 5.36. The van der Waals surface area contributed by atoms with Gasteiger partial charge in [0, 0.05) is 19.1 Å². The fraction of sp³-hybridized carbons (Fsp3) is 0.588. The second-order valence-electron chi connectivity index (χ2n) is 5.90. The van der Waals surface area contributed by atoms with Crippen LogP contribution in [0.15, 0.2) is 24.3 Å². The lowest BCUT2D eigenvalue weighted by molar-refractivity contribution is 0.127. The third-order valence-corrected chi connectivity index (χ3v) is 4.06. The van der Waals surface area contributed by atoms with Crippen molar-refractivity contribution in [3.8, 4) is 11.8 Å². The number of nitriles is 1. The molecule has 1 aromatic carbocycles. The van der Waals surface area contributed by atoms with E-state index in [4.69, 9.17) is 10.00 Å². The first kappa shape index (κ1) is 15.8. The molecule has 1 heterocycles. The monoisotopic (exact) mass is 287 g/mol. The molecule has 0 N–H and O–H groups in total. The molecule has 1 unspecified atom stereocenters. The van der Waals surface area contributed by atoms with Crippen molar-refractivity contribution in [3.63, 3.8) is 0 Å². The van der Waals surface area contributed by atoms with Gasteiger partial charge in [0.15, 0.2) is 0 Å². The van der Waals surface area contributed by atoms with Gasteiger partial charge in [0.25, 0.3) is 0 Å². The van der Waals surface area contributed by atoms with Crippen LogP contribution in [0, 0.1) is 11.3 Å². The summed E-state index contributed by atoms with van der Waals surface area (Å²) < 4.78 is 5.73. The van der Waals surface area contributed by atoms with Crippen LogP contribution in [0.1, 0.15) is 24.8 Å². The van der Waals surface area contributed by atoms with Crippen molar-refractivity contribution in [2.45, 2.75) is 25.3 Å². The molecule has 0 radical (unpaired) electrons. The van der Waals surface area contributed by atoms with Crippen molar-refractivity contribution < 1.29 is 4.74 Å². The van der Waals surface area contributed by atoms with E-state index in [0.29, 0.717) is 18.2 Å². The van der Waals surface area contributed by atoms with Gasteiger partial charge in [0.05, 0.1) is 18.2 Å². The highest BCUT2D eigenvalue weighted by Gasteiger charge is 2.20. The van der Waals surface area contributed by atoms with Crippen molar-refractivity contribution >= 4 is 0 Å². The Bertz CT molecular complexity index is 481. The van der Waals surface area contributed by atoms with Gasteiger partial charge in [-0.25, -0.2) is 0 Å². The van der Waals surface area contributed by atoms with Crippen molar-refractivity contribution in [2.24, 2.45) is 0 Å². The van der Waals surface area contributed by atoms with E-state index < -0.39 is 0 Å². The van der Waals surface area contributed by atoms with E-state index in [1.807, 2.05) is 12.1 Å². The minimum atomic E-state index is 0.650. The molecule has 0 aliphatic carbocycles. The Labute approximate surface area is 127 Å². The van der Waals surface area contributed by atoms with Crippen LogP contribution in [0.5, 0.6) is 5.75 Å². The molecule has 0 saturated carbocycles. The van der Waals surface area contributed by atoms with E-state index >= 15 is 0 Å². The molecule has 114 valence electrons. The summed E-state index contributed by atoms with van der Waals surface area (Å²) >= 11 is 0. The van der Waals surface area contributed by atoms with E-state index in [1.54, 1.807) is 12.1 Å². The molecular formula is C17H25N3O. The van der Waals surface area contributed by atoms with Crippen LogP contribution in [-0.4, -0.2) is 56.2 Å². The lowest BCUT2D eigenvalue weighted by Gasteiger charge is -2.36. The Morgan fingerprint density at radius 3 is 3.05 bits per heavy atom. The third kappa shape index (κ3) is 5.04. The summed E-state index contributed by atoms with van der Waals surface area (Å²) in [6.45, 7) is 4.16. The lowest BCUT2D eigenvalue weighted by Crippen LogP contribution is -2.45. The topological polar surface area (TPSA) is 39.5 Å². The fourth-order valence-electron chi connectivity index (χ4n) is 2.79. The first-order valence-electron chi connectivity index (χ1n) is 7.71. The zero-order valence-corrected chi connectivity index (χ0v) is 13.1. The van der Waals surface area contributed by atoms with E-state index in [-0.39, 0.29) is 0 Å². The first-order chi connectivity index (χ1) is 10.2. The highest BCUT2D eigenvalue weighted by Crippen LogP contribution is 2.15. The molecule has 4 nitrogen and oxygen atoms in total. The van der Waals surface area contributed by atoms with Crippen molar-refractivity contribution in [3.05, 3.63) is 29.8 Å². The smallest absolute Gasteiger partial charge is 0.120 e. The predicted octanol–water partition coefficient (Wildman–Crippen LogP) is 2.35. The second-order valence-corrected chi connectivity index (χ2v) is 5.90. The van der Waals surface area contributed by atoms with E-state index in [0.717, 1.165) is 25.3 Å². The second kappa shape index (κ2) is 8.02. The van der Waals surface area contributed by atoms with Crippen molar-refractivity contribution in [1.82, 2.24) is 9.80 Å². The van der Waals surface area contributed by atoms with Gasteiger partial charge >= 0.3 is 0 Å². The zero-order valence-electron chi connectivity index (χ0n) is 13.1. The number of benzene rings is 1. The van der Waals surface area contributed by atoms with Gasteiger partial charge in [-0.2, -0.15) is 5.26 Å². The first-order valence-corrected chi connectivity index (χ1v) is 7.71. The third-order valence-electron chi connectivity index (χ3n) is 4.06. The van der Waals surface area contributed by atoms with E-state index in [9.17, 15) is 0 Å². The molecule has 1 aliphatic heterocycles. The summed E-state index contributed by atoms with van der Waals surface area (Å²) in [6.07, 6.45) is 3.62. The maximum atomic E-state index is 8.86. The van der Waals surface area contributed by atoms with Crippen LogP contribution in [0.3, 0.4) is 0 Å². The Kier molecular flexibility index (Phi) is 6.04. The largest absolute Gasteiger partial charge is 0.494 e. The normalized spacial score (nSPS) is 19.4. The maximum Gasteiger partial charge on any atom is 0.120 e. The standard InChI is InChI=1S/C17H25N3O/c1-19(2)16-7-4-9-20(14-16)10-5-11-21-17-8-3-6-15(12-17)13-18/h3,6,8,12,16H,4-5,7,9-11,14H2,1-2H3. The summed E-state index contributed by atoms with van der Waals surface area (Å²) in [5, 5.41) is 8.86. The van der Waals surface area contributed by atoms with Crippen LogP contribution >= 0.6 is 0 Å². The number of likely N-dealkylation sites (tertiary alicyclic amines) is 1. The SMILES string of the molecule is CN(C)C1CCCN(CCCOc2cccc(C#N)c2)C1. The summed E-state index contributed by atoms with van der Waals surface area (Å²) in [5.41, 5.74) is 0.650. The molecule has 1 atom stereocenters. The Balaban J connectivity index is 1.68. The van der Waals surface area contributed by atoms with Gasteiger partial charge in [-0.05, 0) is 58.1 Å². The van der Waals surface area contributed by atoms with Crippen LogP contribution in [-0.2, 0) is 0 Å². The van der Waals surface area contributed by atoms with E-state index in [2.05, 4.69) is 30.0 Å². The number of likely N-dealkylation sites (N-methyl/N-ethyl adjacent to an activating group) is 1. The highest BCUT2D eigenvalue weighted by atomic mass is 16.5. The predicted molar refractivity (Wildman–Crippen MR) is 84.4 cm³/mol. The summed E-state index contributed by atoms with van der Waals surface area (Å²) in [7, 11) is 4.33. The zero-order chi connectivity index (χ0) is 15.1. The minimum Gasteiger partial charge on any atom is -0.494 e. The molecule has 1 fully saturated rings. The molecular weight excluding hydrogens is 262 g/mol. The number of nitrogens with zero attached hydrogens (tertiary/aromatic N) is 3. The van der Waals surface area contributed by atoms with Gasteiger partial charge < -0.3 is 14.5 Å². The van der Waals surface area contributed by atoms with Crippen LogP contribution in [0.4, 0.5) is 0 Å². The van der Waals surface area contributed by atoms with Crippen LogP contribution in [0.25, 0.3) is 0 Å². The fourth-order valence-corrected chi connectivity index (χ4v) is 2.79. The molecule has 21 heavy (non-hydrogen) atoms. The van der Waals surface area contributed by atoms with Gasteiger partial charge in [0.2, 0.25) is 0 Å². The minimum absolute atomic E-state index is 0.650.